The van der Waals surface area contributed by atoms with Crippen LogP contribution in [0.5, 0.6) is 0 Å². The van der Waals surface area contributed by atoms with Gasteiger partial charge in [-0.05, 0) is 35.6 Å². The zero-order valence-electron chi connectivity index (χ0n) is 12.5. The minimum Gasteiger partial charge on any atom is -0.478 e. The van der Waals surface area contributed by atoms with Gasteiger partial charge in [0.2, 0.25) is 5.91 Å². The Labute approximate surface area is 124 Å². The first kappa shape index (κ1) is 15.5. The van der Waals surface area contributed by atoms with Crippen molar-refractivity contribution in [1.82, 2.24) is 4.90 Å². The fourth-order valence-electron chi connectivity index (χ4n) is 2.59. The molecule has 1 amide bonds. The van der Waals surface area contributed by atoms with Gasteiger partial charge in [0.05, 0.1) is 11.6 Å². The number of carboxylic acid groups (broad SMARTS) is 1. The van der Waals surface area contributed by atoms with Crippen LogP contribution in [0, 0.1) is 5.92 Å². The summed E-state index contributed by atoms with van der Waals surface area (Å²) >= 11 is 0. The van der Waals surface area contributed by atoms with E-state index in [1.165, 1.54) is 0 Å². The standard InChI is InChI=1S/C16H22N2O3/c1-3-10(2)14(17)15(19)18-7-6-11-4-5-12(16(20)21)8-13(11)9-18/h4-5,8,10,14H,3,6-7,9,17H2,1-2H3,(H,20,21)/t10?,14-/m0/s1. The largest absolute Gasteiger partial charge is 0.478 e. The Bertz CT molecular complexity index is 556. The SMILES string of the molecule is CCC(C)[C@H](N)C(=O)N1CCc2ccc(C(=O)O)cc2C1. The molecule has 5 nitrogen and oxygen atoms in total. The summed E-state index contributed by atoms with van der Waals surface area (Å²) in [6, 6.07) is 4.63. The molecule has 0 spiro atoms. The lowest BCUT2D eigenvalue weighted by Crippen LogP contribution is -2.48. The molecule has 5 heteroatoms. The van der Waals surface area contributed by atoms with E-state index >= 15 is 0 Å². The van der Waals surface area contributed by atoms with E-state index < -0.39 is 12.0 Å². The lowest BCUT2D eigenvalue weighted by molar-refractivity contribution is -0.134. The van der Waals surface area contributed by atoms with E-state index in [1.54, 1.807) is 17.0 Å². The Morgan fingerprint density at radius 1 is 1.38 bits per heavy atom. The number of benzene rings is 1. The van der Waals surface area contributed by atoms with Crippen molar-refractivity contribution >= 4 is 11.9 Å². The van der Waals surface area contributed by atoms with Gasteiger partial charge in [0.1, 0.15) is 0 Å². The zero-order chi connectivity index (χ0) is 15.6. The highest BCUT2D eigenvalue weighted by atomic mass is 16.4. The van der Waals surface area contributed by atoms with Gasteiger partial charge in [0.25, 0.3) is 0 Å². The molecule has 114 valence electrons. The monoisotopic (exact) mass is 290 g/mol. The molecule has 0 saturated carbocycles. The molecule has 0 radical (unpaired) electrons. The predicted octanol–water partition coefficient (Wildman–Crippen LogP) is 1.64. The second kappa shape index (κ2) is 6.26. The number of amides is 1. The molecular formula is C16H22N2O3. The van der Waals surface area contributed by atoms with Crippen molar-refractivity contribution in [3.63, 3.8) is 0 Å². The van der Waals surface area contributed by atoms with Crippen molar-refractivity contribution < 1.29 is 14.7 Å². The van der Waals surface area contributed by atoms with E-state index in [1.807, 2.05) is 19.9 Å². The van der Waals surface area contributed by atoms with Gasteiger partial charge in [-0.15, -0.1) is 0 Å². The summed E-state index contributed by atoms with van der Waals surface area (Å²) in [5.41, 5.74) is 8.29. The van der Waals surface area contributed by atoms with Crippen LogP contribution < -0.4 is 5.73 Å². The maximum Gasteiger partial charge on any atom is 0.335 e. The summed E-state index contributed by atoms with van der Waals surface area (Å²) in [4.78, 5) is 25.2. The third-order valence-electron chi connectivity index (χ3n) is 4.32. The lowest BCUT2D eigenvalue weighted by atomic mass is 9.94. The molecule has 0 aromatic heterocycles. The van der Waals surface area contributed by atoms with E-state index in [0.717, 1.165) is 24.0 Å². The van der Waals surface area contributed by atoms with E-state index in [0.29, 0.717) is 13.1 Å². The molecule has 2 atom stereocenters. The second-order valence-electron chi connectivity index (χ2n) is 5.71. The molecule has 2 rings (SSSR count). The number of rotatable bonds is 4. The van der Waals surface area contributed by atoms with Crippen molar-refractivity contribution in [2.45, 2.75) is 39.3 Å². The Hall–Kier alpha value is -1.88. The van der Waals surface area contributed by atoms with Gasteiger partial charge in [-0.25, -0.2) is 4.79 Å². The molecule has 3 N–H and O–H groups in total. The van der Waals surface area contributed by atoms with Crippen LogP contribution in [0.3, 0.4) is 0 Å². The Morgan fingerprint density at radius 3 is 2.71 bits per heavy atom. The smallest absolute Gasteiger partial charge is 0.335 e. The normalized spacial score (nSPS) is 17.0. The van der Waals surface area contributed by atoms with Gasteiger partial charge < -0.3 is 15.7 Å². The molecule has 0 saturated heterocycles. The number of hydrogen-bond acceptors (Lipinski definition) is 3. The Morgan fingerprint density at radius 2 is 2.10 bits per heavy atom. The van der Waals surface area contributed by atoms with Crippen molar-refractivity contribution in [3.05, 3.63) is 34.9 Å². The van der Waals surface area contributed by atoms with E-state index in [-0.39, 0.29) is 17.4 Å². The first-order chi connectivity index (χ1) is 9.93. The fourth-order valence-corrected chi connectivity index (χ4v) is 2.59. The molecule has 1 aromatic rings. The molecular weight excluding hydrogens is 268 g/mol. The average Bonchev–Trinajstić information content (AvgIpc) is 2.51. The predicted molar refractivity (Wildman–Crippen MR) is 80.0 cm³/mol. The highest BCUT2D eigenvalue weighted by Crippen LogP contribution is 2.22. The quantitative estimate of drug-likeness (QED) is 0.883. The Kier molecular flexibility index (Phi) is 4.63. The zero-order valence-corrected chi connectivity index (χ0v) is 12.5. The van der Waals surface area contributed by atoms with Gasteiger partial charge in [-0.3, -0.25) is 4.79 Å². The number of hydrogen-bond donors (Lipinski definition) is 2. The molecule has 1 unspecified atom stereocenters. The second-order valence-corrected chi connectivity index (χ2v) is 5.71. The van der Waals surface area contributed by atoms with Crippen LogP contribution in [0.15, 0.2) is 18.2 Å². The minimum atomic E-state index is -0.947. The average molecular weight is 290 g/mol. The lowest BCUT2D eigenvalue weighted by Gasteiger charge is -2.32. The van der Waals surface area contributed by atoms with E-state index in [9.17, 15) is 9.59 Å². The number of carboxylic acids is 1. The van der Waals surface area contributed by atoms with Crippen LogP contribution in [0.25, 0.3) is 0 Å². The molecule has 0 aliphatic carbocycles. The van der Waals surface area contributed by atoms with Crippen molar-refractivity contribution in [2.24, 2.45) is 11.7 Å². The highest BCUT2D eigenvalue weighted by molar-refractivity contribution is 5.88. The van der Waals surface area contributed by atoms with Crippen LogP contribution in [0.2, 0.25) is 0 Å². The maximum absolute atomic E-state index is 12.4. The van der Waals surface area contributed by atoms with Crippen LogP contribution in [-0.2, 0) is 17.8 Å². The van der Waals surface area contributed by atoms with E-state index in [4.69, 9.17) is 10.8 Å². The van der Waals surface area contributed by atoms with Crippen LogP contribution >= 0.6 is 0 Å². The number of fused-ring (bicyclic) bond motifs is 1. The first-order valence-corrected chi connectivity index (χ1v) is 7.33. The van der Waals surface area contributed by atoms with Gasteiger partial charge in [0.15, 0.2) is 0 Å². The Balaban J connectivity index is 2.16. The topological polar surface area (TPSA) is 83.6 Å². The summed E-state index contributed by atoms with van der Waals surface area (Å²) in [5, 5.41) is 9.05. The number of nitrogens with two attached hydrogens (primary N) is 1. The molecule has 0 bridgehead atoms. The molecule has 1 aliphatic rings. The van der Waals surface area contributed by atoms with Gasteiger partial charge in [-0.1, -0.05) is 26.3 Å². The molecule has 0 fully saturated rings. The highest BCUT2D eigenvalue weighted by Gasteiger charge is 2.28. The van der Waals surface area contributed by atoms with Gasteiger partial charge >= 0.3 is 5.97 Å². The van der Waals surface area contributed by atoms with Gasteiger partial charge in [0, 0.05) is 13.1 Å². The van der Waals surface area contributed by atoms with Crippen molar-refractivity contribution in [2.75, 3.05) is 6.54 Å². The van der Waals surface area contributed by atoms with Crippen LogP contribution in [0.1, 0.15) is 41.8 Å². The van der Waals surface area contributed by atoms with Crippen molar-refractivity contribution in [1.29, 1.82) is 0 Å². The molecule has 1 heterocycles. The third-order valence-corrected chi connectivity index (χ3v) is 4.32. The first-order valence-electron chi connectivity index (χ1n) is 7.33. The fraction of sp³-hybridized carbons (Fsp3) is 0.500. The van der Waals surface area contributed by atoms with Crippen LogP contribution in [-0.4, -0.2) is 34.5 Å². The van der Waals surface area contributed by atoms with E-state index in [2.05, 4.69) is 0 Å². The van der Waals surface area contributed by atoms with Gasteiger partial charge in [-0.2, -0.15) is 0 Å². The minimum absolute atomic E-state index is 0.0456. The maximum atomic E-state index is 12.4. The van der Waals surface area contributed by atoms with Crippen LogP contribution in [0.4, 0.5) is 0 Å². The number of carbonyl (C=O) groups is 2. The summed E-state index contributed by atoms with van der Waals surface area (Å²) in [6.45, 7) is 5.08. The summed E-state index contributed by atoms with van der Waals surface area (Å²) in [6.07, 6.45) is 1.61. The molecule has 21 heavy (non-hydrogen) atoms. The number of carbonyl (C=O) groups excluding carboxylic acids is 1. The number of aromatic carboxylic acids is 1. The summed E-state index contributed by atoms with van der Waals surface area (Å²) < 4.78 is 0. The molecule has 1 aromatic carbocycles. The third kappa shape index (κ3) is 3.24. The summed E-state index contributed by atoms with van der Waals surface area (Å²) in [7, 11) is 0. The summed E-state index contributed by atoms with van der Waals surface area (Å²) in [5.74, 6) is -0.850. The van der Waals surface area contributed by atoms with Crippen molar-refractivity contribution in [3.8, 4) is 0 Å². The molecule has 1 aliphatic heterocycles. The number of nitrogens with zero attached hydrogens (tertiary/aromatic N) is 1.